The molecule has 1 aromatic carbocycles. The highest BCUT2D eigenvalue weighted by atomic mass is 19.1. The van der Waals surface area contributed by atoms with Crippen LogP contribution in [0.1, 0.15) is 49.5 Å². The first-order valence-corrected chi connectivity index (χ1v) is 9.75. The number of aliphatic carboxylic acids is 1. The summed E-state index contributed by atoms with van der Waals surface area (Å²) in [5, 5.41) is 23.7. The van der Waals surface area contributed by atoms with Gasteiger partial charge in [-0.2, -0.15) is 0 Å². The van der Waals surface area contributed by atoms with Crippen LogP contribution in [0.3, 0.4) is 0 Å². The van der Waals surface area contributed by atoms with E-state index in [-0.39, 0.29) is 22.5 Å². The van der Waals surface area contributed by atoms with Crippen LogP contribution in [0, 0.1) is 21.8 Å². The van der Waals surface area contributed by atoms with Crippen LogP contribution in [0.25, 0.3) is 10.9 Å². The number of rotatable bonds is 8. The number of methoxy groups -OCH3 is 1. The number of halogens is 1. The Bertz CT molecular complexity index is 1140. The van der Waals surface area contributed by atoms with Crippen LogP contribution in [-0.2, 0) is 9.53 Å². The molecule has 1 aliphatic rings. The van der Waals surface area contributed by atoms with E-state index in [4.69, 9.17) is 0 Å². The summed E-state index contributed by atoms with van der Waals surface area (Å²) in [4.78, 5) is 47.7. The molecule has 166 valence electrons. The summed E-state index contributed by atoms with van der Waals surface area (Å²) in [6.07, 6.45) is 2.93. The summed E-state index contributed by atoms with van der Waals surface area (Å²) in [7, 11) is 1.09. The average Bonchev–Trinajstić information content (AvgIpc) is 3.56. The van der Waals surface area contributed by atoms with Gasteiger partial charge in [-0.15, -0.1) is 0 Å². The summed E-state index contributed by atoms with van der Waals surface area (Å²) in [6.45, 7) is 3.37. The van der Waals surface area contributed by atoms with E-state index in [0.29, 0.717) is 19.3 Å². The van der Waals surface area contributed by atoms with Gasteiger partial charge in [0.15, 0.2) is 11.5 Å². The summed E-state index contributed by atoms with van der Waals surface area (Å²) >= 11 is 0. The third-order valence-electron chi connectivity index (χ3n) is 5.55. The fraction of sp³-hybridized carbons (Fsp3) is 0.450. The van der Waals surface area contributed by atoms with Crippen molar-refractivity contribution in [2.75, 3.05) is 12.4 Å². The maximum Gasteiger partial charge on any atom is 0.343 e. The Hall–Kier alpha value is -3.50. The molecule has 2 unspecified atom stereocenters. The van der Waals surface area contributed by atoms with E-state index in [2.05, 4.69) is 10.1 Å². The third-order valence-corrected chi connectivity index (χ3v) is 5.55. The lowest BCUT2D eigenvalue weighted by Gasteiger charge is -2.22. The minimum atomic E-state index is -1.29. The lowest BCUT2D eigenvalue weighted by atomic mass is 9.98. The van der Waals surface area contributed by atoms with E-state index in [1.54, 1.807) is 13.8 Å². The van der Waals surface area contributed by atoms with Gasteiger partial charge in [0.25, 0.3) is 0 Å². The van der Waals surface area contributed by atoms with Gasteiger partial charge in [-0.3, -0.25) is 14.9 Å². The predicted molar refractivity (Wildman–Crippen MR) is 109 cm³/mol. The van der Waals surface area contributed by atoms with E-state index < -0.39 is 51.4 Å². The highest BCUT2D eigenvalue weighted by Gasteiger charge is 2.35. The molecule has 0 amide bonds. The fourth-order valence-electron chi connectivity index (χ4n) is 3.52. The lowest BCUT2D eigenvalue weighted by molar-refractivity contribution is -0.382. The maximum atomic E-state index is 15.1. The van der Waals surface area contributed by atoms with Gasteiger partial charge in [0.2, 0.25) is 5.43 Å². The smallest absolute Gasteiger partial charge is 0.343 e. The molecule has 0 spiro atoms. The quantitative estimate of drug-likeness (QED) is 0.366. The summed E-state index contributed by atoms with van der Waals surface area (Å²) in [5.74, 6) is -3.84. The first-order chi connectivity index (χ1) is 14.6. The number of pyridine rings is 1. The predicted octanol–water partition coefficient (Wildman–Crippen LogP) is 3.08. The zero-order chi connectivity index (χ0) is 23.0. The molecule has 10 nitrogen and oxygen atoms in total. The second-order valence-corrected chi connectivity index (χ2v) is 7.58. The molecule has 2 atom stereocenters. The van der Waals surface area contributed by atoms with Crippen molar-refractivity contribution in [3.05, 3.63) is 44.0 Å². The summed E-state index contributed by atoms with van der Waals surface area (Å²) in [5.41, 5.74) is -2.78. The molecular weight excluding hydrogens is 413 g/mol. The van der Waals surface area contributed by atoms with Crippen LogP contribution in [-0.4, -0.2) is 39.7 Å². The standard InChI is InChI=1S/C20H22FN3O7/c1-4-9(2)14(19(26)27)22-15-13(21)7-11-16(17(15)24(29)30)23(10-5-6-10)8-12(18(11)25)20(28)31-3/h7-10,14,22H,4-6H2,1-3H3,(H,26,27). The van der Waals surface area contributed by atoms with E-state index in [0.717, 1.165) is 13.2 Å². The van der Waals surface area contributed by atoms with Crippen LogP contribution >= 0.6 is 0 Å². The molecule has 2 aromatic rings. The number of hydrogen-bond donors (Lipinski definition) is 2. The summed E-state index contributed by atoms with van der Waals surface area (Å²) < 4.78 is 21.1. The first kappa shape index (κ1) is 22.2. The molecule has 1 saturated carbocycles. The molecule has 2 N–H and O–H groups in total. The normalized spacial score (nSPS) is 15.4. The number of nitro groups is 1. The number of nitrogens with one attached hydrogen (secondary N) is 1. The number of aromatic nitrogens is 1. The number of carbonyl (C=O) groups is 2. The topological polar surface area (TPSA) is 141 Å². The largest absolute Gasteiger partial charge is 0.480 e. The van der Waals surface area contributed by atoms with Crippen LogP contribution in [0.15, 0.2) is 17.1 Å². The van der Waals surface area contributed by atoms with Gasteiger partial charge in [-0.25, -0.2) is 14.0 Å². The van der Waals surface area contributed by atoms with Crippen molar-refractivity contribution in [3.63, 3.8) is 0 Å². The van der Waals surface area contributed by atoms with Crippen LogP contribution in [0.4, 0.5) is 15.8 Å². The van der Waals surface area contributed by atoms with E-state index in [1.807, 2.05) is 0 Å². The molecule has 1 heterocycles. The van der Waals surface area contributed by atoms with Crippen molar-refractivity contribution in [1.82, 2.24) is 4.57 Å². The van der Waals surface area contributed by atoms with Crippen molar-refractivity contribution in [2.24, 2.45) is 5.92 Å². The van der Waals surface area contributed by atoms with Gasteiger partial charge in [0, 0.05) is 12.2 Å². The van der Waals surface area contributed by atoms with Gasteiger partial charge in [0.05, 0.1) is 17.4 Å². The Morgan fingerprint density at radius 1 is 1.45 bits per heavy atom. The van der Waals surface area contributed by atoms with Gasteiger partial charge in [0.1, 0.15) is 17.1 Å². The van der Waals surface area contributed by atoms with Crippen molar-refractivity contribution < 1.29 is 28.7 Å². The zero-order valence-corrected chi connectivity index (χ0v) is 17.2. The molecule has 11 heteroatoms. The highest BCUT2D eigenvalue weighted by Crippen LogP contribution is 2.42. The molecular formula is C20H22FN3O7. The Morgan fingerprint density at radius 3 is 2.58 bits per heavy atom. The number of benzene rings is 1. The summed E-state index contributed by atoms with van der Waals surface area (Å²) in [6, 6.07) is -0.701. The van der Waals surface area contributed by atoms with Crippen molar-refractivity contribution >= 4 is 34.2 Å². The number of carboxylic acid groups (broad SMARTS) is 1. The Morgan fingerprint density at radius 2 is 2.10 bits per heavy atom. The number of fused-ring (bicyclic) bond motifs is 1. The number of esters is 1. The monoisotopic (exact) mass is 435 g/mol. The van der Waals surface area contributed by atoms with Crippen molar-refractivity contribution in [2.45, 2.75) is 45.2 Å². The maximum absolute atomic E-state index is 15.1. The van der Waals surface area contributed by atoms with E-state index in [1.165, 1.54) is 10.8 Å². The number of hydrogen-bond acceptors (Lipinski definition) is 7. The molecule has 0 bridgehead atoms. The van der Waals surface area contributed by atoms with E-state index >= 15 is 4.39 Å². The first-order valence-electron chi connectivity index (χ1n) is 9.75. The molecule has 0 aliphatic heterocycles. The second-order valence-electron chi connectivity index (χ2n) is 7.58. The number of anilines is 1. The SMILES string of the molecule is CCC(C)C(Nc1c(F)cc2c(=O)c(C(=O)OC)cn(C3CC3)c2c1[N+](=O)[O-])C(=O)O. The molecule has 31 heavy (non-hydrogen) atoms. The molecule has 1 aromatic heterocycles. The highest BCUT2D eigenvalue weighted by molar-refractivity contribution is 5.99. The van der Waals surface area contributed by atoms with E-state index in [9.17, 15) is 29.6 Å². The lowest BCUT2D eigenvalue weighted by Crippen LogP contribution is -2.36. The van der Waals surface area contributed by atoms with Gasteiger partial charge in [-0.05, 0) is 24.8 Å². The number of ether oxygens (including phenoxy) is 1. The fourth-order valence-corrected chi connectivity index (χ4v) is 3.52. The number of carbonyl (C=O) groups excluding carboxylic acids is 1. The zero-order valence-electron chi connectivity index (χ0n) is 17.2. The van der Waals surface area contributed by atoms with Gasteiger partial charge >= 0.3 is 17.6 Å². The minimum absolute atomic E-state index is 0.164. The molecule has 1 aliphatic carbocycles. The van der Waals surface area contributed by atoms with Crippen LogP contribution in [0.5, 0.6) is 0 Å². The van der Waals surface area contributed by atoms with Crippen LogP contribution < -0.4 is 10.7 Å². The van der Waals surface area contributed by atoms with Gasteiger partial charge in [-0.1, -0.05) is 20.3 Å². The molecule has 3 rings (SSSR count). The molecule has 1 fully saturated rings. The van der Waals surface area contributed by atoms with Crippen molar-refractivity contribution in [1.29, 1.82) is 0 Å². The Kier molecular flexibility index (Phi) is 5.96. The Balaban J connectivity index is 2.37. The number of nitrogens with zero attached hydrogens (tertiary/aromatic N) is 2. The second kappa shape index (κ2) is 8.32. The minimum Gasteiger partial charge on any atom is -0.480 e. The third kappa shape index (κ3) is 3.94. The number of carboxylic acids is 1. The number of nitro benzene ring substituents is 1. The Labute approximate surface area is 175 Å². The van der Waals surface area contributed by atoms with Crippen molar-refractivity contribution in [3.8, 4) is 0 Å². The van der Waals surface area contributed by atoms with Gasteiger partial charge < -0.3 is 19.7 Å². The molecule has 0 saturated heterocycles. The molecule has 0 radical (unpaired) electrons. The average molecular weight is 435 g/mol. The van der Waals surface area contributed by atoms with Crippen LogP contribution in [0.2, 0.25) is 0 Å².